The molecule has 102 valence electrons. The van der Waals surface area contributed by atoms with Crippen molar-refractivity contribution < 1.29 is 26.3 Å². The smallest absolute Gasteiger partial charge is 0.205 e. The van der Waals surface area contributed by atoms with Crippen molar-refractivity contribution in [2.45, 2.75) is 37.1 Å². The van der Waals surface area contributed by atoms with E-state index in [2.05, 4.69) is 0 Å². The Bertz CT molecular complexity index is 435. The van der Waals surface area contributed by atoms with Crippen molar-refractivity contribution in [3.05, 3.63) is 28.6 Å². The molecule has 0 saturated heterocycles. The van der Waals surface area contributed by atoms with Gasteiger partial charge in [0, 0.05) is 0 Å². The van der Waals surface area contributed by atoms with Gasteiger partial charge < -0.3 is 0 Å². The summed E-state index contributed by atoms with van der Waals surface area (Å²) in [4.78, 5) is -1.35. The van der Waals surface area contributed by atoms with Crippen molar-refractivity contribution in [1.82, 2.24) is 0 Å². The predicted octanol–water partition coefficient (Wildman–Crippen LogP) is 5.15. The van der Waals surface area contributed by atoms with Crippen LogP contribution in [-0.2, 0) is 0 Å². The molecule has 0 N–H and O–H groups in total. The van der Waals surface area contributed by atoms with Crippen molar-refractivity contribution in [3.8, 4) is 0 Å². The molecule has 1 aromatic carbocycles. The van der Waals surface area contributed by atoms with Gasteiger partial charge in [-0.1, -0.05) is 13.8 Å². The van der Waals surface area contributed by atoms with Gasteiger partial charge in [-0.3, -0.25) is 0 Å². The zero-order chi connectivity index (χ0) is 14.2. The number of hydrogen-bond donors (Lipinski definition) is 0. The average molecular weight is 288 g/mol. The molecule has 0 aromatic heterocycles. The van der Waals surface area contributed by atoms with Gasteiger partial charge in [-0.15, -0.1) is 0 Å². The first-order valence-electron chi connectivity index (χ1n) is 4.99. The zero-order valence-corrected chi connectivity index (χ0v) is 10.6. The lowest BCUT2D eigenvalue weighted by Crippen LogP contribution is -2.09. The highest BCUT2D eigenvalue weighted by Gasteiger charge is 2.35. The second-order valence-electron chi connectivity index (χ2n) is 4.01. The van der Waals surface area contributed by atoms with E-state index in [9.17, 15) is 26.3 Å². The van der Waals surface area contributed by atoms with Crippen LogP contribution in [0.15, 0.2) is 4.90 Å². The molecule has 0 heterocycles. The van der Waals surface area contributed by atoms with E-state index in [0.717, 1.165) is 6.92 Å². The van der Waals surface area contributed by atoms with E-state index in [-0.39, 0.29) is 11.1 Å². The number of alkyl halides is 3. The van der Waals surface area contributed by atoms with Gasteiger partial charge in [-0.2, -0.15) is 13.2 Å². The van der Waals surface area contributed by atoms with Crippen LogP contribution in [0, 0.1) is 24.4 Å². The monoisotopic (exact) mass is 288 g/mol. The van der Waals surface area contributed by atoms with Crippen molar-refractivity contribution in [3.63, 3.8) is 0 Å². The minimum Gasteiger partial charge on any atom is -0.205 e. The molecule has 0 aliphatic heterocycles. The fourth-order valence-corrected chi connectivity index (χ4v) is 2.31. The molecule has 1 aromatic rings. The average Bonchev–Trinajstić information content (AvgIpc) is 2.20. The summed E-state index contributed by atoms with van der Waals surface area (Å²) in [5.74, 6) is -5.10. The number of hydrogen-bond acceptors (Lipinski definition) is 1. The largest absolute Gasteiger partial charge is 0.446 e. The van der Waals surface area contributed by atoms with Gasteiger partial charge in [0.15, 0.2) is 11.6 Å². The summed E-state index contributed by atoms with van der Waals surface area (Å²) in [6.07, 6.45) is 0. The third-order valence-corrected chi connectivity index (χ3v) is 3.15. The van der Waals surface area contributed by atoms with E-state index < -0.39 is 45.5 Å². The minimum atomic E-state index is -4.88. The lowest BCUT2D eigenvalue weighted by atomic mass is 9.96. The van der Waals surface area contributed by atoms with Crippen LogP contribution in [0.4, 0.5) is 26.3 Å². The Morgan fingerprint density at radius 1 is 0.944 bits per heavy atom. The Morgan fingerprint density at radius 3 is 1.83 bits per heavy atom. The lowest BCUT2D eigenvalue weighted by Gasteiger charge is -2.16. The molecule has 0 saturated carbocycles. The minimum absolute atomic E-state index is 0.239. The summed E-state index contributed by atoms with van der Waals surface area (Å²) in [6, 6.07) is 0. The first-order chi connectivity index (χ1) is 8.06. The van der Waals surface area contributed by atoms with Crippen LogP contribution in [-0.4, -0.2) is 5.51 Å². The normalized spacial score (nSPS) is 12.3. The summed E-state index contributed by atoms with van der Waals surface area (Å²) in [5, 5.41) is 0. The highest BCUT2D eigenvalue weighted by Crippen LogP contribution is 2.42. The Hall–Kier alpha value is -0.850. The van der Waals surface area contributed by atoms with Crippen LogP contribution in [0.1, 0.15) is 30.9 Å². The third kappa shape index (κ3) is 2.93. The van der Waals surface area contributed by atoms with Gasteiger partial charge in [0.2, 0.25) is 0 Å². The predicted molar refractivity (Wildman–Crippen MR) is 57.1 cm³/mol. The standard InChI is InChI=1S/C11H10F6S/c1-4(2)6-5(3)7(12)10(9(14)8(6)13)18-11(15,16)17/h4H,1-3H3. The Kier molecular flexibility index (Phi) is 4.25. The van der Waals surface area contributed by atoms with Crippen LogP contribution in [0.5, 0.6) is 0 Å². The number of rotatable bonds is 2. The molecule has 0 nitrogen and oxygen atoms in total. The highest BCUT2D eigenvalue weighted by atomic mass is 32.2. The van der Waals surface area contributed by atoms with E-state index >= 15 is 0 Å². The molecule has 0 aliphatic rings. The molecular formula is C11H10F6S. The maximum Gasteiger partial charge on any atom is 0.446 e. The van der Waals surface area contributed by atoms with Crippen molar-refractivity contribution in [1.29, 1.82) is 0 Å². The summed E-state index contributed by atoms with van der Waals surface area (Å²) < 4.78 is 77.1. The zero-order valence-electron chi connectivity index (χ0n) is 9.75. The van der Waals surface area contributed by atoms with Gasteiger partial charge in [-0.05, 0) is 35.7 Å². The molecule has 0 aliphatic carbocycles. The van der Waals surface area contributed by atoms with E-state index in [1.54, 1.807) is 0 Å². The van der Waals surface area contributed by atoms with Crippen molar-refractivity contribution >= 4 is 11.8 Å². The van der Waals surface area contributed by atoms with E-state index in [1.807, 2.05) is 0 Å². The van der Waals surface area contributed by atoms with Crippen LogP contribution in [0.2, 0.25) is 0 Å². The van der Waals surface area contributed by atoms with Gasteiger partial charge in [0.25, 0.3) is 0 Å². The molecule has 0 fully saturated rings. The topological polar surface area (TPSA) is 0 Å². The first-order valence-corrected chi connectivity index (χ1v) is 5.80. The second kappa shape index (κ2) is 5.03. The SMILES string of the molecule is Cc1c(F)c(SC(F)(F)F)c(F)c(F)c1C(C)C. The molecule has 0 atom stereocenters. The maximum absolute atomic E-state index is 13.7. The van der Waals surface area contributed by atoms with Gasteiger partial charge in [0.05, 0.1) is 4.90 Å². The fourth-order valence-electron chi connectivity index (χ4n) is 1.66. The quantitative estimate of drug-likeness (QED) is 0.412. The third-order valence-electron chi connectivity index (χ3n) is 2.36. The van der Waals surface area contributed by atoms with Crippen molar-refractivity contribution in [2.75, 3.05) is 0 Å². The summed E-state index contributed by atoms with van der Waals surface area (Å²) in [7, 11) is 0. The molecule has 18 heavy (non-hydrogen) atoms. The highest BCUT2D eigenvalue weighted by molar-refractivity contribution is 8.00. The Balaban J connectivity index is 3.49. The van der Waals surface area contributed by atoms with Crippen LogP contribution in [0.3, 0.4) is 0 Å². The summed E-state index contributed by atoms with van der Waals surface area (Å²) >= 11 is -0.987. The van der Waals surface area contributed by atoms with E-state index in [4.69, 9.17) is 0 Å². The number of benzene rings is 1. The van der Waals surface area contributed by atoms with Crippen LogP contribution in [0.25, 0.3) is 0 Å². The number of thioether (sulfide) groups is 1. The first kappa shape index (κ1) is 15.2. The Labute approximate surface area is 104 Å². The molecule has 0 radical (unpaired) electrons. The molecule has 0 spiro atoms. The van der Waals surface area contributed by atoms with Gasteiger partial charge in [0.1, 0.15) is 5.82 Å². The summed E-state index contributed by atoms with van der Waals surface area (Å²) in [6.45, 7) is 4.13. The van der Waals surface area contributed by atoms with Gasteiger partial charge in [-0.25, -0.2) is 13.2 Å². The Morgan fingerprint density at radius 2 is 1.44 bits per heavy atom. The van der Waals surface area contributed by atoms with Crippen LogP contribution >= 0.6 is 11.8 Å². The molecular weight excluding hydrogens is 278 g/mol. The van der Waals surface area contributed by atoms with Crippen LogP contribution < -0.4 is 0 Å². The number of halogens is 6. The van der Waals surface area contributed by atoms with Gasteiger partial charge >= 0.3 is 5.51 Å². The maximum atomic E-state index is 13.7. The molecule has 0 bridgehead atoms. The van der Waals surface area contributed by atoms with E-state index in [0.29, 0.717) is 0 Å². The molecule has 7 heteroatoms. The van der Waals surface area contributed by atoms with E-state index in [1.165, 1.54) is 13.8 Å². The molecule has 1 rings (SSSR count). The second-order valence-corrected chi connectivity index (χ2v) is 5.09. The summed E-state index contributed by atoms with van der Waals surface area (Å²) in [5.41, 5.74) is -5.41. The molecule has 0 amide bonds. The van der Waals surface area contributed by atoms with Crippen molar-refractivity contribution in [2.24, 2.45) is 0 Å². The molecule has 0 unspecified atom stereocenters. The fraction of sp³-hybridized carbons (Fsp3) is 0.455. The lowest BCUT2D eigenvalue weighted by molar-refractivity contribution is -0.0330.